The SMILES string of the molecule is CC(C)c1ccc(NC(C(=O)OC(C#N)c2cccc(Oc3ccccc3)n2)C(C)C)cc1. The van der Waals surface area contributed by atoms with Gasteiger partial charge in [-0.3, -0.25) is 0 Å². The second-order valence-electron chi connectivity index (χ2n) is 8.40. The maximum atomic E-state index is 13.0. The van der Waals surface area contributed by atoms with E-state index in [4.69, 9.17) is 9.47 Å². The average molecular weight is 444 g/mol. The number of anilines is 1. The zero-order chi connectivity index (χ0) is 23.8. The first-order valence-corrected chi connectivity index (χ1v) is 11.0. The largest absolute Gasteiger partial charge is 0.439 e. The summed E-state index contributed by atoms with van der Waals surface area (Å²) >= 11 is 0. The van der Waals surface area contributed by atoms with E-state index >= 15 is 0 Å². The number of pyridine rings is 1. The lowest BCUT2D eigenvalue weighted by Crippen LogP contribution is -2.36. The zero-order valence-electron chi connectivity index (χ0n) is 19.4. The van der Waals surface area contributed by atoms with Crippen molar-refractivity contribution in [3.8, 4) is 17.7 Å². The molecular formula is C27H29N3O3. The molecule has 2 unspecified atom stereocenters. The first kappa shape index (κ1) is 23.8. The Balaban J connectivity index is 1.71. The number of nitrogens with one attached hydrogen (secondary N) is 1. The molecular weight excluding hydrogens is 414 g/mol. The standard InChI is InChI=1S/C27H29N3O3/c1-18(2)20-13-15-21(16-14-20)29-26(19(3)4)27(31)33-24(17-28)23-11-8-12-25(30-23)32-22-9-6-5-7-10-22/h5-16,18-19,24,26,29H,1-4H3. The van der Waals surface area contributed by atoms with Crippen LogP contribution < -0.4 is 10.1 Å². The Bertz CT molecular complexity index is 1090. The second kappa shape index (κ2) is 11.1. The van der Waals surface area contributed by atoms with Gasteiger partial charge in [-0.2, -0.15) is 5.26 Å². The molecule has 0 radical (unpaired) electrons. The van der Waals surface area contributed by atoms with Gasteiger partial charge in [-0.25, -0.2) is 9.78 Å². The maximum Gasteiger partial charge on any atom is 0.330 e. The first-order valence-electron chi connectivity index (χ1n) is 11.0. The zero-order valence-corrected chi connectivity index (χ0v) is 19.4. The van der Waals surface area contributed by atoms with Crippen LogP contribution in [0.3, 0.4) is 0 Å². The van der Waals surface area contributed by atoms with Crippen LogP contribution in [0.5, 0.6) is 11.6 Å². The van der Waals surface area contributed by atoms with Gasteiger partial charge < -0.3 is 14.8 Å². The van der Waals surface area contributed by atoms with Crippen molar-refractivity contribution in [2.75, 3.05) is 5.32 Å². The molecule has 3 aromatic rings. The third-order valence-electron chi connectivity index (χ3n) is 5.15. The number of esters is 1. The Morgan fingerprint density at radius 1 is 0.939 bits per heavy atom. The summed E-state index contributed by atoms with van der Waals surface area (Å²) in [6, 6.07) is 23.6. The van der Waals surface area contributed by atoms with Gasteiger partial charge in [0.15, 0.2) is 0 Å². The number of hydrogen-bond donors (Lipinski definition) is 1. The summed E-state index contributed by atoms with van der Waals surface area (Å²) in [5, 5.41) is 12.9. The van der Waals surface area contributed by atoms with E-state index in [-0.39, 0.29) is 5.92 Å². The van der Waals surface area contributed by atoms with Crippen molar-refractivity contribution in [3.05, 3.63) is 84.1 Å². The fourth-order valence-electron chi connectivity index (χ4n) is 3.23. The van der Waals surface area contributed by atoms with Gasteiger partial charge in [-0.1, -0.05) is 64.1 Å². The molecule has 1 heterocycles. The van der Waals surface area contributed by atoms with Gasteiger partial charge in [-0.05, 0) is 47.7 Å². The third kappa shape index (κ3) is 6.56. The number of benzene rings is 2. The molecule has 6 nitrogen and oxygen atoms in total. The monoisotopic (exact) mass is 443 g/mol. The quantitative estimate of drug-likeness (QED) is 0.394. The van der Waals surface area contributed by atoms with E-state index < -0.39 is 18.1 Å². The number of carbonyl (C=O) groups is 1. The lowest BCUT2D eigenvalue weighted by molar-refractivity contribution is -0.149. The topological polar surface area (TPSA) is 84.2 Å². The van der Waals surface area contributed by atoms with Crippen molar-refractivity contribution in [2.24, 2.45) is 5.92 Å². The van der Waals surface area contributed by atoms with Crippen LogP contribution in [0.4, 0.5) is 5.69 Å². The number of para-hydroxylation sites is 1. The molecule has 0 aliphatic heterocycles. The van der Waals surface area contributed by atoms with E-state index in [0.717, 1.165) is 5.69 Å². The summed E-state index contributed by atoms with van der Waals surface area (Å²) in [6.45, 7) is 8.12. The summed E-state index contributed by atoms with van der Waals surface area (Å²) in [5.74, 6) is 0.803. The van der Waals surface area contributed by atoms with Crippen molar-refractivity contribution in [1.29, 1.82) is 5.26 Å². The van der Waals surface area contributed by atoms with Crippen LogP contribution in [0.25, 0.3) is 0 Å². The molecule has 6 heteroatoms. The van der Waals surface area contributed by atoms with Gasteiger partial charge in [0.25, 0.3) is 0 Å². The Hall–Kier alpha value is -3.85. The van der Waals surface area contributed by atoms with Crippen LogP contribution in [0.1, 0.15) is 51.0 Å². The summed E-state index contributed by atoms with van der Waals surface area (Å²) in [7, 11) is 0. The smallest absolute Gasteiger partial charge is 0.330 e. The molecule has 0 aliphatic rings. The highest BCUT2D eigenvalue weighted by Crippen LogP contribution is 2.24. The number of ether oxygens (including phenoxy) is 2. The van der Waals surface area contributed by atoms with Crippen LogP contribution in [0.15, 0.2) is 72.8 Å². The van der Waals surface area contributed by atoms with Crippen LogP contribution in [0, 0.1) is 17.2 Å². The van der Waals surface area contributed by atoms with Gasteiger partial charge in [-0.15, -0.1) is 0 Å². The summed E-state index contributed by atoms with van der Waals surface area (Å²) < 4.78 is 11.3. The molecule has 2 aromatic carbocycles. The Labute approximate surface area is 195 Å². The van der Waals surface area contributed by atoms with Crippen LogP contribution in [-0.2, 0) is 9.53 Å². The van der Waals surface area contributed by atoms with Gasteiger partial charge in [0.2, 0.25) is 12.0 Å². The minimum absolute atomic E-state index is 0.0534. The van der Waals surface area contributed by atoms with Gasteiger partial charge in [0.1, 0.15) is 17.9 Å². The molecule has 0 spiro atoms. The van der Waals surface area contributed by atoms with Crippen molar-refractivity contribution in [1.82, 2.24) is 4.98 Å². The molecule has 33 heavy (non-hydrogen) atoms. The summed E-state index contributed by atoms with van der Waals surface area (Å²) in [4.78, 5) is 17.4. The second-order valence-corrected chi connectivity index (χ2v) is 8.40. The molecule has 170 valence electrons. The number of hydrogen-bond acceptors (Lipinski definition) is 6. The van der Waals surface area contributed by atoms with E-state index in [0.29, 0.717) is 23.2 Å². The van der Waals surface area contributed by atoms with E-state index in [9.17, 15) is 10.1 Å². The number of carbonyl (C=O) groups excluding carboxylic acids is 1. The number of rotatable bonds is 9. The van der Waals surface area contributed by atoms with Crippen molar-refractivity contribution < 1.29 is 14.3 Å². The van der Waals surface area contributed by atoms with Crippen molar-refractivity contribution >= 4 is 11.7 Å². The minimum Gasteiger partial charge on any atom is -0.439 e. The minimum atomic E-state index is -1.15. The highest BCUT2D eigenvalue weighted by atomic mass is 16.5. The Kier molecular flexibility index (Phi) is 8.04. The highest BCUT2D eigenvalue weighted by Gasteiger charge is 2.28. The summed E-state index contributed by atoms with van der Waals surface area (Å²) in [5.41, 5.74) is 2.35. The lowest BCUT2D eigenvalue weighted by Gasteiger charge is -2.23. The van der Waals surface area contributed by atoms with Crippen molar-refractivity contribution in [3.63, 3.8) is 0 Å². The van der Waals surface area contributed by atoms with Gasteiger partial charge in [0.05, 0.1) is 5.69 Å². The van der Waals surface area contributed by atoms with Gasteiger partial charge in [0, 0.05) is 11.8 Å². The van der Waals surface area contributed by atoms with Gasteiger partial charge >= 0.3 is 5.97 Å². The third-order valence-corrected chi connectivity index (χ3v) is 5.15. The molecule has 0 saturated heterocycles. The number of nitrogens with zero attached hydrogens (tertiary/aromatic N) is 2. The number of aromatic nitrogens is 1. The molecule has 1 N–H and O–H groups in total. The summed E-state index contributed by atoms with van der Waals surface area (Å²) in [6.07, 6.45) is -1.15. The fraction of sp³-hybridized carbons (Fsp3) is 0.296. The van der Waals surface area contributed by atoms with E-state index in [1.165, 1.54) is 5.56 Å². The number of nitriles is 1. The molecule has 0 saturated carbocycles. The van der Waals surface area contributed by atoms with E-state index in [1.807, 2.05) is 74.5 Å². The van der Waals surface area contributed by atoms with Crippen LogP contribution in [0.2, 0.25) is 0 Å². The Morgan fingerprint density at radius 3 is 2.24 bits per heavy atom. The van der Waals surface area contributed by atoms with E-state index in [1.54, 1.807) is 18.2 Å². The molecule has 0 aliphatic carbocycles. The molecule has 3 rings (SSSR count). The predicted octanol–water partition coefficient (Wildman–Crippen LogP) is 6.24. The average Bonchev–Trinajstić information content (AvgIpc) is 2.81. The van der Waals surface area contributed by atoms with Crippen LogP contribution in [-0.4, -0.2) is 17.0 Å². The molecule has 0 fully saturated rings. The maximum absolute atomic E-state index is 13.0. The lowest BCUT2D eigenvalue weighted by atomic mass is 10.0. The molecule has 2 atom stereocenters. The Morgan fingerprint density at radius 2 is 1.64 bits per heavy atom. The normalized spacial score (nSPS) is 12.6. The molecule has 0 bridgehead atoms. The van der Waals surface area contributed by atoms with E-state index in [2.05, 4.69) is 24.1 Å². The molecule has 1 aromatic heterocycles. The first-order chi connectivity index (χ1) is 15.9. The molecule has 0 amide bonds. The predicted molar refractivity (Wildman–Crippen MR) is 128 cm³/mol. The van der Waals surface area contributed by atoms with Crippen LogP contribution >= 0.6 is 0 Å². The fourth-order valence-corrected chi connectivity index (χ4v) is 3.23. The van der Waals surface area contributed by atoms with Crippen molar-refractivity contribution in [2.45, 2.75) is 45.8 Å². The highest BCUT2D eigenvalue weighted by molar-refractivity contribution is 5.80.